The van der Waals surface area contributed by atoms with Crippen molar-refractivity contribution in [3.8, 4) is 5.75 Å². The lowest BCUT2D eigenvalue weighted by Gasteiger charge is -2.07. The van der Waals surface area contributed by atoms with Crippen molar-refractivity contribution in [1.82, 2.24) is 9.38 Å². The van der Waals surface area contributed by atoms with Crippen LogP contribution in [0.15, 0.2) is 42.6 Å². The third-order valence-corrected chi connectivity index (χ3v) is 4.45. The van der Waals surface area contributed by atoms with E-state index in [-0.39, 0.29) is 11.7 Å². The van der Waals surface area contributed by atoms with E-state index in [4.69, 9.17) is 10.5 Å². The summed E-state index contributed by atoms with van der Waals surface area (Å²) < 4.78 is 6.76. The van der Waals surface area contributed by atoms with Crippen LogP contribution >= 0.6 is 0 Å². The van der Waals surface area contributed by atoms with Crippen LogP contribution in [-0.2, 0) is 0 Å². The SMILES string of the molecule is Cc1c(C2CC2)nc2ccc(NC(=O)c3ccc(OC(N)=O)cc3)cn12. The summed E-state index contributed by atoms with van der Waals surface area (Å²) >= 11 is 0. The molecule has 7 heteroatoms. The van der Waals surface area contributed by atoms with E-state index in [1.165, 1.54) is 25.0 Å². The Kier molecular flexibility index (Phi) is 3.84. The van der Waals surface area contributed by atoms with Gasteiger partial charge in [0, 0.05) is 23.4 Å². The summed E-state index contributed by atoms with van der Waals surface area (Å²) in [6.07, 6.45) is 3.39. The fraction of sp³-hybridized carbons (Fsp3) is 0.211. The molecule has 1 aliphatic rings. The number of rotatable bonds is 4. The maximum atomic E-state index is 12.4. The number of primary amides is 1. The first-order valence-corrected chi connectivity index (χ1v) is 8.38. The van der Waals surface area contributed by atoms with Gasteiger partial charge in [-0.25, -0.2) is 9.78 Å². The predicted molar refractivity (Wildman–Crippen MR) is 96.5 cm³/mol. The van der Waals surface area contributed by atoms with Crippen molar-refractivity contribution in [2.45, 2.75) is 25.7 Å². The smallest absolute Gasteiger partial charge is 0.409 e. The summed E-state index contributed by atoms with van der Waals surface area (Å²) in [5, 5.41) is 2.87. The third kappa shape index (κ3) is 3.11. The first-order valence-electron chi connectivity index (χ1n) is 8.38. The molecule has 0 spiro atoms. The molecule has 3 aromatic rings. The molecule has 1 aromatic carbocycles. The number of fused-ring (bicyclic) bond motifs is 1. The van der Waals surface area contributed by atoms with E-state index in [0.29, 0.717) is 17.2 Å². The van der Waals surface area contributed by atoms with Crippen LogP contribution in [0.25, 0.3) is 5.65 Å². The van der Waals surface area contributed by atoms with Gasteiger partial charge in [0.05, 0.1) is 11.4 Å². The molecule has 4 rings (SSSR count). The van der Waals surface area contributed by atoms with Gasteiger partial charge in [0.1, 0.15) is 11.4 Å². The van der Waals surface area contributed by atoms with Crippen LogP contribution in [0.5, 0.6) is 5.75 Å². The Labute approximate surface area is 149 Å². The normalized spacial score (nSPS) is 13.6. The summed E-state index contributed by atoms with van der Waals surface area (Å²) in [6.45, 7) is 2.05. The lowest BCUT2D eigenvalue weighted by Crippen LogP contribution is -2.16. The fourth-order valence-electron chi connectivity index (χ4n) is 2.99. The molecular weight excluding hydrogens is 332 g/mol. The molecule has 2 aromatic heterocycles. The Morgan fingerprint density at radius 1 is 1.19 bits per heavy atom. The highest BCUT2D eigenvalue weighted by molar-refractivity contribution is 6.04. The zero-order valence-electron chi connectivity index (χ0n) is 14.2. The predicted octanol–water partition coefficient (Wildman–Crippen LogP) is 3.23. The molecule has 0 unspecified atom stereocenters. The number of amides is 2. The second kappa shape index (κ2) is 6.18. The number of pyridine rings is 1. The van der Waals surface area contributed by atoms with Gasteiger partial charge in [-0.2, -0.15) is 0 Å². The van der Waals surface area contributed by atoms with Crippen molar-refractivity contribution < 1.29 is 14.3 Å². The number of hydrogen-bond acceptors (Lipinski definition) is 4. The summed E-state index contributed by atoms with van der Waals surface area (Å²) in [7, 11) is 0. The second-order valence-corrected chi connectivity index (χ2v) is 6.40. The van der Waals surface area contributed by atoms with E-state index in [9.17, 15) is 9.59 Å². The summed E-state index contributed by atoms with van der Waals surface area (Å²) in [5.74, 6) is 0.612. The van der Waals surface area contributed by atoms with Crippen LogP contribution < -0.4 is 15.8 Å². The van der Waals surface area contributed by atoms with Gasteiger partial charge in [0.2, 0.25) is 0 Å². The summed E-state index contributed by atoms with van der Waals surface area (Å²) in [4.78, 5) is 27.8. The van der Waals surface area contributed by atoms with Crippen molar-refractivity contribution in [2.24, 2.45) is 5.73 Å². The lowest BCUT2D eigenvalue weighted by molar-refractivity contribution is 0.102. The molecule has 1 saturated carbocycles. The van der Waals surface area contributed by atoms with Gasteiger partial charge in [0.25, 0.3) is 5.91 Å². The third-order valence-electron chi connectivity index (χ3n) is 4.45. The lowest BCUT2D eigenvalue weighted by atomic mass is 10.2. The zero-order chi connectivity index (χ0) is 18.3. The average molecular weight is 350 g/mol. The van der Waals surface area contributed by atoms with E-state index in [1.807, 2.05) is 22.7 Å². The molecule has 7 nitrogen and oxygen atoms in total. The minimum atomic E-state index is -0.892. The largest absolute Gasteiger partial charge is 0.411 e. The summed E-state index contributed by atoms with van der Waals surface area (Å²) in [6, 6.07) is 9.91. The van der Waals surface area contributed by atoms with Gasteiger partial charge in [-0.1, -0.05) is 0 Å². The van der Waals surface area contributed by atoms with Crippen LogP contribution in [-0.4, -0.2) is 21.4 Å². The number of ether oxygens (including phenoxy) is 1. The second-order valence-electron chi connectivity index (χ2n) is 6.40. The Bertz CT molecular complexity index is 1000. The topological polar surface area (TPSA) is 98.7 Å². The molecule has 0 radical (unpaired) electrons. The van der Waals surface area contributed by atoms with Crippen LogP contribution in [0.3, 0.4) is 0 Å². The minimum absolute atomic E-state index is 0.254. The Hall–Kier alpha value is -3.35. The van der Waals surface area contributed by atoms with Crippen LogP contribution in [0.1, 0.15) is 40.5 Å². The van der Waals surface area contributed by atoms with E-state index < -0.39 is 6.09 Å². The monoisotopic (exact) mass is 350 g/mol. The molecule has 132 valence electrons. The zero-order valence-corrected chi connectivity index (χ0v) is 14.2. The molecule has 0 atom stereocenters. The Morgan fingerprint density at radius 3 is 2.58 bits per heavy atom. The number of aromatic nitrogens is 2. The molecule has 0 aliphatic heterocycles. The number of aryl methyl sites for hydroxylation is 1. The maximum Gasteiger partial charge on any atom is 0.409 e. The molecule has 0 saturated heterocycles. The van der Waals surface area contributed by atoms with Gasteiger partial charge < -0.3 is 20.2 Å². The fourth-order valence-corrected chi connectivity index (χ4v) is 2.99. The van der Waals surface area contributed by atoms with Crippen molar-refractivity contribution in [3.63, 3.8) is 0 Å². The van der Waals surface area contributed by atoms with Gasteiger partial charge in [-0.15, -0.1) is 0 Å². The van der Waals surface area contributed by atoms with Crippen molar-refractivity contribution in [2.75, 3.05) is 5.32 Å². The van der Waals surface area contributed by atoms with Crippen LogP contribution in [0, 0.1) is 6.92 Å². The van der Waals surface area contributed by atoms with Crippen LogP contribution in [0.4, 0.5) is 10.5 Å². The van der Waals surface area contributed by atoms with E-state index in [1.54, 1.807) is 12.1 Å². The molecule has 26 heavy (non-hydrogen) atoms. The number of nitrogens with zero attached hydrogens (tertiary/aromatic N) is 2. The highest BCUT2D eigenvalue weighted by Gasteiger charge is 2.28. The highest BCUT2D eigenvalue weighted by atomic mass is 16.5. The van der Waals surface area contributed by atoms with Crippen molar-refractivity contribution in [3.05, 3.63) is 59.5 Å². The number of nitrogens with two attached hydrogens (primary N) is 1. The van der Waals surface area contributed by atoms with Gasteiger partial charge in [-0.05, 0) is 56.2 Å². The summed E-state index contributed by atoms with van der Waals surface area (Å²) in [5.41, 5.74) is 9.24. The van der Waals surface area contributed by atoms with Crippen LogP contribution in [0.2, 0.25) is 0 Å². The van der Waals surface area contributed by atoms with Gasteiger partial charge in [-0.3, -0.25) is 4.79 Å². The molecule has 2 heterocycles. The molecule has 1 fully saturated rings. The maximum absolute atomic E-state index is 12.4. The van der Waals surface area contributed by atoms with Gasteiger partial charge in [0.15, 0.2) is 0 Å². The van der Waals surface area contributed by atoms with Gasteiger partial charge >= 0.3 is 6.09 Å². The molecule has 0 bridgehead atoms. The van der Waals surface area contributed by atoms with Crippen molar-refractivity contribution in [1.29, 1.82) is 0 Å². The number of anilines is 1. The number of nitrogens with one attached hydrogen (secondary N) is 1. The number of hydrogen-bond donors (Lipinski definition) is 2. The molecular formula is C19H18N4O3. The quantitative estimate of drug-likeness (QED) is 0.754. The van der Waals surface area contributed by atoms with E-state index >= 15 is 0 Å². The molecule has 2 amide bonds. The number of benzene rings is 1. The standard InChI is InChI=1S/C19H18N4O3/c1-11-17(12-2-3-12)22-16-9-6-14(10-23(11)16)21-18(24)13-4-7-15(8-5-13)26-19(20)25/h4-10,12H,2-3H2,1H3,(H2,20,25)(H,21,24). The number of carbonyl (C=O) groups is 2. The Balaban J connectivity index is 1.53. The minimum Gasteiger partial charge on any atom is -0.411 e. The highest BCUT2D eigenvalue weighted by Crippen LogP contribution is 2.41. The van der Waals surface area contributed by atoms with Crippen molar-refractivity contribution >= 4 is 23.3 Å². The van der Waals surface area contributed by atoms with E-state index in [0.717, 1.165) is 17.0 Å². The molecule has 1 aliphatic carbocycles. The molecule has 3 N–H and O–H groups in total. The first kappa shape index (κ1) is 16.1. The first-order chi connectivity index (χ1) is 12.5. The van der Waals surface area contributed by atoms with E-state index in [2.05, 4.69) is 17.2 Å². The number of imidazole rings is 1. The Morgan fingerprint density at radius 2 is 1.92 bits per heavy atom. The number of carbonyl (C=O) groups excluding carboxylic acids is 2. The average Bonchev–Trinajstić information content (AvgIpc) is 3.40.